The molecule has 0 saturated heterocycles. The maximum absolute atomic E-state index is 12.4. The van der Waals surface area contributed by atoms with E-state index in [-0.39, 0.29) is 18.8 Å². The third-order valence-corrected chi connectivity index (χ3v) is 3.42. The van der Waals surface area contributed by atoms with E-state index < -0.39 is 23.7 Å². The number of nitrogens with one attached hydrogen (secondary N) is 1. The van der Waals surface area contributed by atoms with Crippen molar-refractivity contribution >= 4 is 29.3 Å². The maximum Gasteiger partial charge on any atom is 0.308 e. The lowest BCUT2D eigenvalue weighted by molar-refractivity contribution is -0.143. The molecule has 126 valence electrons. The molecule has 1 N–H and O–H groups in total. The summed E-state index contributed by atoms with van der Waals surface area (Å²) >= 11 is 5.78. The number of carbonyl (C=O) groups is 3. The Kier molecular flexibility index (Phi) is 6.14. The molecule has 0 bridgehead atoms. The van der Waals surface area contributed by atoms with Crippen molar-refractivity contribution in [2.45, 2.75) is 19.4 Å². The van der Waals surface area contributed by atoms with Crippen molar-refractivity contribution < 1.29 is 23.5 Å². The molecule has 1 aromatic heterocycles. The molecule has 0 aliphatic rings. The quantitative estimate of drug-likeness (QED) is 0.613. The summed E-state index contributed by atoms with van der Waals surface area (Å²) in [5.41, 5.74) is 0.320. The van der Waals surface area contributed by atoms with Crippen LogP contribution in [0.2, 0.25) is 5.02 Å². The monoisotopic (exact) mass is 349 g/mol. The second kappa shape index (κ2) is 8.31. The van der Waals surface area contributed by atoms with Crippen molar-refractivity contribution in [1.29, 1.82) is 0 Å². The summed E-state index contributed by atoms with van der Waals surface area (Å²) in [5, 5.41) is 3.03. The minimum absolute atomic E-state index is 0.0562. The van der Waals surface area contributed by atoms with Gasteiger partial charge in [-0.15, -0.1) is 0 Å². The molecule has 0 saturated carbocycles. The number of esters is 1. The fourth-order valence-corrected chi connectivity index (χ4v) is 2.16. The smallest absolute Gasteiger partial charge is 0.308 e. The third kappa shape index (κ3) is 4.70. The lowest BCUT2D eigenvalue weighted by Crippen LogP contribution is -2.42. The topological polar surface area (TPSA) is 85.6 Å². The van der Waals surface area contributed by atoms with Gasteiger partial charge < -0.3 is 14.5 Å². The van der Waals surface area contributed by atoms with Crippen molar-refractivity contribution in [2.75, 3.05) is 6.61 Å². The highest BCUT2D eigenvalue weighted by molar-refractivity contribution is 6.30. The summed E-state index contributed by atoms with van der Waals surface area (Å²) in [5.74, 6) is -1.53. The second-order valence-electron chi connectivity index (χ2n) is 4.88. The molecular weight excluding hydrogens is 334 g/mol. The number of ether oxygens (including phenoxy) is 1. The zero-order valence-corrected chi connectivity index (χ0v) is 13.7. The van der Waals surface area contributed by atoms with E-state index in [1.807, 2.05) is 0 Å². The molecule has 6 nitrogen and oxygen atoms in total. The van der Waals surface area contributed by atoms with Crippen molar-refractivity contribution in [2.24, 2.45) is 0 Å². The fraction of sp³-hybridized carbons (Fsp3) is 0.235. The van der Waals surface area contributed by atoms with Crippen molar-refractivity contribution in [3.63, 3.8) is 0 Å². The van der Waals surface area contributed by atoms with E-state index >= 15 is 0 Å². The predicted molar refractivity (Wildman–Crippen MR) is 87.0 cm³/mol. The van der Waals surface area contributed by atoms with E-state index in [0.29, 0.717) is 10.6 Å². The number of rotatable bonds is 7. The number of hydrogen-bond acceptors (Lipinski definition) is 5. The first-order valence-corrected chi connectivity index (χ1v) is 7.68. The zero-order valence-electron chi connectivity index (χ0n) is 13.0. The van der Waals surface area contributed by atoms with Crippen LogP contribution in [0.1, 0.15) is 34.3 Å². The average Bonchev–Trinajstić information content (AvgIpc) is 3.08. The summed E-state index contributed by atoms with van der Waals surface area (Å²) in [6.45, 7) is 1.85. The van der Waals surface area contributed by atoms with E-state index in [4.69, 9.17) is 20.8 Å². The number of Topliss-reactive ketones (excluding diaryl/α,β-unsaturated/α-hetero) is 1. The van der Waals surface area contributed by atoms with Gasteiger partial charge in [0.25, 0.3) is 5.91 Å². The molecule has 1 amide bonds. The molecule has 0 spiro atoms. The van der Waals surface area contributed by atoms with Crippen molar-refractivity contribution in [3.8, 4) is 0 Å². The molecule has 0 radical (unpaired) electrons. The molecule has 1 aromatic carbocycles. The first kappa shape index (κ1) is 17.7. The summed E-state index contributed by atoms with van der Waals surface area (Å²) in [6.07, 6.45) is 1.06. The van der Waals surface area contributed by atoms with Crippen LogP contribution in [-0.2, 0) is 9.53 Å². The number of halogens is 1. The van der Waals surface area contributed by atoms with E-state index in [0.717, 1.165) is 0 Å². The van der Waals surface area contributed by atoms with Gasteiger partial charge in [-0.25, -0.2) is 0 Å². The Morgan fingerprint density at radius 1 is 1.21 bits per heavy atom. The van der Waals surface area contributed by atoms with Gasteiger partial charge in [0.15, 0.2) is 5.76 Å². The highest BCUT2D eigenvalue weighted by atomic mass is 35.5. The summed E-state index contributed by atoms with van der Waals surface area (Å²) in [4.78, 5) is 36.4. The van der Waals surface area contributed by atoms with Crippen LogP contribution in [-0.4, -0.2) is 30.3 Å². The molecule has 24 heavy (non-hydrogen) atoms. The van der Waals surface area contributed by atoms with Crippen LogP contribution in [0, 0.1) is 0 Å². The van der Waals surface area contributed by atoms with Crippen LogP contribution in [0.3, 0.4) is 0 Å². The summed E-state index contributed by atoms with van der Waals surface area (Å²) < 4.78 is 9.90. The fourth-order valence-electron chi connectivity index (χ4n) is 2.03. The minimum Gasteiger partial charge on any atom is -0.466 e. The largest absolute Gasteiger partial charge is 0.466 e. The second-order valence-corrected chi connectivity index (χ2v) is 5.32. The molecule has 1 atom stereocenters. The first-order chi connectivity index (χ1) is 11.5. The molecule has 7 heteroatoms. The van der Waals surface area contributed by atoms with E-state index in [1.54, 1.807) is 25.1 Å². The van der Waals surface area contributed by atoms with Gasteiger partial charge in [0.05, 0.1) is 19.3 Å². The molecular formula is C17H16ClNO5. The Hall–Kier alpha value is -2.60. The van der Waals surface area contributed by atoms with Crippen LogP contribution < -0.4 is 5.32 Å². The Morgan fingerprint density at radius 2 is 1.92 bits per heavy atom. The first-order valence-electron chi connectivity index (χ1n) is 7.31. The SMILES string of the molecule is CCOC(=O)CC(NC(=O)c1ccc(Cl)cc1)C(=O)c1ccco1. The van der Waals surface area contributed by atoms with Gasteiger partial charge in [-0.2, -0.15) is 0 Å². The number of amides is 1. The summed E-state index contributed by atoms with van der Waals surface area (Å²) in [6, 6.07) is 8.10. The highest BCUT2D eigenvalue weighted by Gasteiger charge is 2.27. The molecule has 1 unspecified atom stereocenters. The third-order valence-electron chi connectivity index (χ3n) is 3.17. The van der Waals surface area contributed by atoms with Gasteiger partial charge in [0.2, 0.25) is 5.78 Å². The van der Waals surface area contributed by atoms with E-state index in [2.05, 4.69) is 5.32 Å². The highest BCUT2D eigenvalue weighted by Crippen LogP contribution is 2.12. The Bertz CT molecular complexity index is 709. The standard InChI is InChI=1S/C17H16ClNO5/c1-2-23-15(20)10-13(16(21)14-4-3-9-24-14)19-17(22)11-5-7-12(18)8-6-11/h3-9,13H,2,10H2,1H3,(H,19,22). The number of benzene rings is 1. The Morgan fingerprint density at radius 3 is 2.50 bits per heavy atom. The van der Waals surface area contributed by atoms with Crippen molar-refractivity contribution in [3.05, 3.63) is 59.0 Å². The van der Waals surface area contributed by atoms with Gasteiger partial charge in [-0.05, 0) is 43.3 Å². The van der Waals surface area contributed by atoms with Crippen LogP contribution in [0.25, 0.3) is 0 Å². The zero-order chi connectivity index (χ0) is 17.5. The van der Waals surface area contributed by atoms with Crippen LogP contribution in [0.5, 0.6) is 0 Å². The van der Waals surface area contributed by atoms with E-state index in [1.165, 1.54) is 24.5 Å². The minimum atomic E-state index is -1.08. The number of hydrogen-bond donors (Lipinski definition) is 1. The summed E-state index contributed by atoms with van der Waals surface area (Å²) in [7, 11) is 0. The van der Waals surface area contributed by atoms with Crippen LogP contribution >= 0.6 is 11.6 Å². The van der Waals surface area contributed by atoms with Gasteiger partial charge in [-0.3, -0.25) is 14.4 Å². The molecule has 1 heterocycles. The number of carbonyl (C=O) groups excluding carboxylic acids is 3. The van der Waals surface area contributed by atoms with Gasteiger partial charge in [-0.1, -0.05) is 11.6 Å². The Balaban J connectivity index is 2.15. The van der Waals surface area contributed by atoms with Crippen molar-refractivity contribution in [1.82, 2.24) is 5.32 Å². The normalized spacial score (nSPS) is 11.6. The molecule has 0 fully saturated rings. The van der Waals surface area contributed by atoms with Gasteiger partial charge >= 0.3 is 5.97 Å². The van der Waals surface area contributed by atoms with Crippen LogP contribution in [0.15, 0.2) is 47.1 Å². The van der Waals surface area contributed by atoms with Crippen LogP contribution in [0.4, 0.5) is 0 Å². The van der Waals surface area contributed by atoms with Gasteiger partial charge in [0.1, 0.15) is 6.04 Å². The number of ketones is 1. The molecule has 2 aromatic rings. The lowest BCUT2D eigenvalue weighted by atomic mass is 10.1. The Labute approximate surface area is 143 Å². The van der Waals surface area contributed by atoms with E-state index in [9.17, 15) is 14.4 Å². The number of furan rings is 1. The lowest BCUT2D eigenvalue weighted by Gasteiger charge is -2.16. The maximum atomic E-state index is 12.4. The molecule has 0 aliphatic heterocycles. The average molecular weight is 350 g/mol. The molecule has 0 aliphatic carbocycles. The van der Waals surface area contributed by atoms with Gasteiger partial charge in [0, 0.05) is 10.6 Å². The molecule has 2 rings (SSSR count). The predicted octanol–water partition coefficient (Wildman–Crippen LogP) is 2.87.